The van der Waals surface area contributed by atoms with Crippen molar-refractivity contribution in [3.8, 4) is 5.82 Å². The Bertz CT molecular complexity index is 806. The summed E-state index contributed by atoms with van der Waals surface area (Å²) in [5.74, 6) is 0.512. The van der Waals surface area contributed by atoms with E-state index in [0.29, 0.717) is 17.9 Å². The first-order valence-electron chi connectivity index (χ1n) is 7.32. The SMILES string of the molecule is Cn1ncc(C(=O)NCc2ccccc2CO)c1-n1cccc1. The van der Waals surface area contributed by atoms with Gasteiger partial charge in [-0.05, 0) is 23.3 Å². The zero-order chi connectivity index (χ0) is 16.2. The lowest BCUT2D eigenvalue weighted by Gasteiger charge is -2.10. The van der Waals surface area contributed by atoms with E-state index < -0.39 is 0 Å². The zero-order valence-electron chi connectivity index (χ0n) is 12.8. The number of aliphatic hydroxyl groups excluding tert-OH is 1. The molecule has 118 valence electrons. The summed E-state index contributed by atoms with van der Waals surface area (Å²) >= 11 is 0. The molecule has 0 unspecified atom stereocenters. The van der Waals surface area contributed by atoms with Gasteiger partial charge in [-0.15, -0.1) is 0 Å². The second kappa shape index (κ2) is 6.50. The molecule has 3 rings (SSSR count). The van der Waals surface area contributed by atoms with Gasteiger partial charge < -0.3 is 15.0 Å². The van der Waals surface area contributed by atoms with Gasteiger partial charge in [-0.25, -0.2) is 0 Å². The number of nitrogens with zero attached hydrogens (tertiary/aromatic N) is 3. The Morgan fingerprint density at radius 1 is 1.17 bits per heavy atom. The largest absolute Gasteiger partial charge is 0.392 e. The normalized spacial score (nSPS) is 10.7. The zero-order valence-corrected chi connectivity index (χ0v) is 12.8. The van der Waals surface area contributed by atoms with Gasteiger partial charge in [0.1, 0.15) is 11.4 Å². The van der Waals surface area contributed by atoms with Crippen LogP contribution in [0, 0.1) is 0 Å². The maximum Gasteiger partial charge on any atom is 0.256 e. The Morgan fingerprint density at radius 3 is 2.57 bits per heavy atom. The van der Waals surface area contributed by atoms with Crippen molar-refractivity contribution in [1.82, 2.24) is 19.7 Å². The lowest BCUT2D eigenvalue weighted by Crippen LogP contribution is -2.24. The van der Waals surface area contributed by atoms with Gasteiger partial charge in [-0.2, -0.15) is 5.10 Å². The molecule has 2 aromatic heterocycles. The van der Waals surface area contributed by atoms with Crippen LogP contribution in [0.1, 0.15) is 21.5 Å². The van der Waals surface area contributed by atoms with Crippen molar-refractivity contribution in [1.29, 1.82) is 0 Å². The van der Waals surface area contributed by atoms with E-state index in [9.17, 15) is 9.90 Å². The number of aromatic nitrogens is 3. The number of aryl methyl sites for hydroxylation is 1. The number of rotatable bonds is 5. The summed E-state index contributed by atoms with van der Waals surface area (Å²) in [7, 11) is 1.80. The molecule has 3 aromatic rings. The Kier molecular flexibility index (Phi) is 4.25. The summed E-state index contributed by atoms with van der Waals surface area (Å²) in [5.41, 5.74) is 2.21. The molecule has 0 radical (unpaired) electrons. The molecule has 2 heterocycles. The van der Waals surface area contributed by atoms with E-state index in [1.54, 1.807) is 17.9 Å². The third-order valence-electron chi connectivity index (χ3n) is 3.73. The van der Waals surface area contributed by atoms with Gasteiger partial charge in [0, 0.05) is 26.0 Å². The van der Waals surface area contributed by atoms with Crippen molar-refractivity contribution in [2.24, 2.45) is 7.05 Å². The van der Waals surface area contributed by atoms with Gasteiger partial charge >= 0.3 is 0 Å². The first kappa shape index (κ1) is 15.1. The lowest BCUT2D eigenvalue weighted by molar-refractivity contribution is 0.0950. The highest BCUT2D eigenvalue weighted by Crippen LogP contribution is 2.14. The van der Waals surface area contributed by atoms with Crippen LogP contribution in [0.4, 0.5) is 0 Å². The van der Waals surface area contributed by atoms with E-state index in [2.05, 4.69) is 10.4 Å². The van der Waals surface area contributed by atoms with Crippen molar-refractivity contribution in [2.75, 3.05) is 0 Å². The average Bonchev–Trinajstić information content (AvgIpc) is 3.22. The molecule has 23 heavy (non-hydrogen) atoms. The molecule has 0 saturated heterocycles. The van der Waals surface area contributed by atoms with E-state index in [1.165, 1.54) is 0 Å². The van der Waals surface area contributed by atoms with Crippen LogP contribution in [0.2, 0.25) is 0 Å². The summed E-state index contributed by atoms with van der Waals surface area (Å²) in [6.45, 7) is 0.309. The fourth-order valence-electron chi connectivity index (χ4n) is 2.53. The molecule has 0 atom stereocenters. The summed E-state index contributed by atoms with van der Waals surface area (Å²) in [6.07, 6.45) is 5.30. The molecule has 1 aromatic carbocycles. The summed E-state index contributed by atoms with van der Waals surface area (Å²) in [6, 6.07) is 11.3. The Morgan fingerprint density at radius 2 is 1.87 bits per heavy atom. The van der Waals surface area contributed by atoms with E-state index in [4.69, 9.17) is 0 Å². The van der Waals surface area contributed by atoms with E-state index in [-0.39, 0.29) is 12.5 Å². The van der Waals surface area contributed by atoms with Crippen LogP contribution < -0.4 is 5.32 Å². The molecule has 6 heteroatoms. The van der Waals surface area contributed by atoms with Crippen LogP contribution in [0.5, 0.6) is 0 Å². The number of aliphatic hydroxyl groups is 1. The van der Waals surface area contributed by atoms with Crippen LogP contribution in [-0.2, 0) is 20.2 Å². The number of hydrogen-bond donors (Lipinski definition) is 2. The highest BCUT2D eigenvalue weighted by atomic mass is 16.3. The number of benzene rings is 1. The lowest BCUT2D eigenvalue weighted by atomic mass is 10.1. The quantitative estimate of drug-likeness (QED) is 0.752. The summed E-state index contributed by atoms with van der Waals surface area (Å²) in [5, 5.41) is 16.4. The molecular weight excluding hydrogens is 292 g/mol. The minimum atomic E-state index is -0.199. The smallest absolute Gasteiger partial charge is 0.256 e. The number of carbonyl (C=O) groups is 1. The van der Waals surface area contributed by atoms with Crippen LogP contribution in [0.25, 0.3) is 5.82 Å². The second-order valence-corrected chi connectivity index (χ2v) is 5.21. The molecule has 0 saturated carbocycles. The minimum Gasteiger partial charge on any atom is -0.392 e. The third-order valence-corrected chi connectivity index (χ3v) is 3.73. The average molecular weight is 310 g/mol. The maximum absolute atomic E-state index is 12.5. The highest BCUT2D eigenvalue weighted by molar-refractivity contribution is 5.97. The van der Waals surface area contributed by atoms with Crippen LogP contribution in [0.15, 0.2) is 55.0 Å². The van der Waals surface area contributed by atoms with Gasteiger partial charge in [0.15, 0.2) is 0 Å². The molecule has 0 spiro atoms. The molecule has 0 aliphatic heterocycles. The van der Waals surface area contributed by atoms with Crippen LogP contribution >= 0.6 is 0 Å². The van der Waals surface area contributed by atoms with Gasteiger partial charge in [-0.1, -0.05) is 24.3 Å². The Hall–Kier alpha value is -2.86. The molecule has 0 aliphatic carbocycles. The molecular formula is C17H18N4O2. The standard InChI is InChI=1S/C17H18N4O2/c1-20-17(21-8-4-5-9-21)15(11-19-20)16(23)18-10-13-6-2-3-7-14(13)12-22/h2-9,11,22H,10,12H2,1H3,(H,18,23). The van der Waals surface area contributed by atoms with Crippen molar-refractivity contribution >= 4 is 5.91 Å². The van der Waals surface area contributed by atoms with Gasteiger partial charge in [0.2, 0.25) is 0 Å². The van der Waals surface area contributed by atoms with E-state index in [0.717, 1.165) is 11.1 Å². The summed E-state index contributed by atoms with van der Waals surface area (Å²) < 4.78 is 3.51. The van der Waals surface area contributed by atoms with E-state index in [1.807, 2.05) is 53.4 Å². The van der Waals surface area contributed by atoms with E-state index >= 15 is 0 Å². The predicted molar refractivity (Wildman–Crippen MR) is 86.1 cm³/mol. The molecule has 0 bridgehead atoms. The number of carbonyl (C=O) groups excluding carboxylic acids is 1. The van der Waals surface area contributed by atoms with Crippen LogP contribution in [-0.4, -0.2) is 25.4 Å². The first-order chi connectivity index (χ1) is 11.2. The Labute approximate surface area is 134 Å². The number of amides is 1. The molecule has 0 fully saturated rings. The predicted octanol–water partition coefficient (Wildman–Crippen LogP) is 1.63. The van der Waals surface area contributed by atoms with Crippen molar-refractivity contribution < 1.29 is 9.90 Å². The topological polar surface area (TPSA) is 72.1 Å². The van der Waals surface area contributed by atoms with Gasteiger partial charge in [0.25, 0.3) is 5.91 Å². The van der Waals surface area contributed by atoms with Crippen molar-refractivity contribution in [3.63, 3.8) is 0 Å². The Balaban J connectivity index is 1.80. The third kappa shape index (κ3) is 3.02. The molecule has 0 aliphatic rings. The van der Waals surface area contributed by atoms with Gasteiger partial charge in [0.05, 0.1) is 12.8 Å². The van der Waals surface area contributed by atoms with Crippen molar-refractivity contribution in [3.05, 3.63) is 71.7 Å². The fraction of sp³-hybridized carbons (Fsp3) is 0.176. The molecule has 2 N–H and O–H groups in total. The first-order valence-corrected chi connectivity index (χ1v) is 7.32. The highest BCUT2D eigenvalue weighted by Gasteiger charge is 2.17. The maximum atomic E-state index is 12.5. The second-order valence-electron chi connectivity index (χ2n) is 5.21. The monoisotopic (exact) mass is 310 g/mol. The summed E-state index contributed by atoms with van der Waals surface area (Å²) in [4.78, 5) is 12.5. The van der Waals surface area contributed by atoms with Crippen molar-refractivity contribution in [2.45, 2.75) is 13.2 Å². The van der Waals surface area contributed by atoms with Crippen LogP contribution in [0.3, 0.4) is 0 Å². The minimum absolute atomic E-state index is 0.0481. The number of hydrogen-bond acceptors (Lipinski definition) is 3. The molecule has 6 nitrogen and oxygen atoms in total. The number of nitrogens with one attached hydrogen (secondary N) is 1. The van der Waals surface area contributed by atoms with Gasteiger partial charge in [-0.3, -0.25) is 9.48 Å². The fourth-order valence-corrected chi connectivity index (χ4v) is 2.53. The molecule has 1 amide bonds.